The highest BCUT2D eigenvalue weighted by Gasteiger charge is 2.29. The Hall–Kier alpha value is -1.32. The third kappa shape index (κ3) is 3.36. The Morgan fingerprint density at radius 2 is 2.00 bits per heavy atom. The van der Waals surface area contributed by atoms with Gasteiger partial charge in [-0.2, -0.15) is 0 Å². The van der Waals surface area contributed by atoms with Gasteiger partial charge in [-0.25, -0.2) is 9.69 Å². The number of hydrogen-bond donors (Lipinski definition) is 0. The molecule has 0 unspecified atom stereocenters. The predicted molar refractivity (Wildman–Crippen MR) is 60.9 cm³/mol. The number of carbonyl (C=O) groups excluding carboxylic acids is 2. The lowest BCUT2D eigenvalue weighted by molar-refractivity contribution is -0.126. The third-order valence-electron chi connectivity index (χ3n) is 2.27. The van der Waals surface area contributed by atoms with Crippen molar-refractivity contribution in [2.24, 2.45) is 0 Å². The number of ether oxygens (including phenoxy) is 1. The van der Waals surface area contributed by atoms with Crippen LogP contribution in [0.2, 0.25) is 0 Å². The van der Waals surface area contributed by atoms with Crippen LogP contribution in [0.25, 0.3) is 0 Å². The van der Waals surface area contributed by atoms with E-state index in [2.05, 4.69) is 6.58 Å². The Morgan fingerprint density at radius 1 is 1.38 bits per heavy atom. The summed E-state index contributed by atoms with van der Waals surface area (Å²) in [6.45, 7) is 9.45. The van der Waals surface area contributed by atoms with Crippen LogP contribution in [0.1, 0.15) is 40.0 Å². The molecule has 4 heteroatoms. The van der Waals surface area contributed by atoms with Crippen LogP contribution in [0.4, 0.5) is 4.79 Å². The van der Waals surface area contributed by atoms with E-state index < -0.39 is 11.7 Å². The molecule has 0 saturated carbocycles. The first kappa shape index (κ1) is 12.7. The zero-order valence-corrected chi connectivity index (χ0v) is 10.2. The van der Waals surface area contributed by atoms with Crippen molar-refractivity contribution in [1.82, 2.24) is 4.90 Å². The molecule has 2 amide bonds. The van der Waals surface area contributed by atoms with Crippen LogP contribution in [0, 0.1) is 0 Å². The van der Waals surface area contributed by atoms with Crippen LogP contribution in [0.15, 0.2) is 12.2 Å². The van der Waals surface area contributed by atoms with Gasteiger partial charge in [-0.3, -0.25) is 4.79 Å². The minimum Gasteiger partial charge on any atom is -0.443 e. The van der Waals surface area contributed by atoms with Gasteiger partial charge in [0.05, 0.1) is 0 Å². The lowest BCUT2D eigenvalue weighted by Crippen LogP contribution is -2.41. The van der Waals surface area contributed by atoms with Crippen molar-refractivity contribution in [2.45, 2.75) is 45.6 Å². The van der Waals surface area contributed by atoms with Gasteiger partial charge in [0, 0.05) is 12.1 Å². The smallest absolute Gasteiger partial charge is 0.417 e. The number of amides is 2. The predicted octanol–water partition coefficient (Wildman–Crippen LogP) is 2.49. The Kier molecular flexibility index (Phi) is 3.73. The Morgan fingerprint density at radius 3 is 2.56 bits per heavy atom. The van der Waals surface area contributed by atoms with Crippen LogP contribution in [-0.4, -0.2) is 29.0 Å². The van der Waals surface area contributed by atoms with Gasteiger partial charge >= 0.3 is 6.09 Å². The minimum atomic E-state index is -0.578. The molecule has 0 spiro atoms. The zero-order valence-electron chi connectivity index (χ0n) is 10.2. The molecule has 0 aromatic carbocycles. The van der Waals surface area contributed by atoms with Crippen LogP contribution in [0.3, 0.4) is 0 Å². The molecule has 0 atom stereocenters. The molecule has 4 nitrogen and oxygen atoms in total. The molecule has 1 aliphatic heterocycles. The quantitative estimate of drug-likeness (QED) is 0.595. The van der Waals surface area contributed by atoms with Gasteiger partial charge in [-0.15, -0.1) is 0 Å². The van der Waals surface area contributed by atoms with Crippen molar-refractivity contribution in [1.29, 1.82) is 0 Å². The van der Waals surface area contributed by atoms with Gasteiger partial charge in [0.1, 0.15) is 5.60 Å². The second-order valence-electron chi connectivity index (χ2n) is 5.00. The van der Waals surface area contributed by atoms with Gasteiger partial charge in [-0.05, 0) is 40.0 Å². The highest BCUT2D eigenvalue weighted by molar-refractivity contribution is 6.02. The zero-order chi connectivity index (χ0) is 12.3. The van der Waals surface area contributed by atoms with Gasteiger partial charge in [0.25, 0.3) is 5.91 Å². The Bertz CT molecular complexity index is 315. The van der Waals surface area contributed by atoms with E-state index in [4.69, 9.17) is 4.74 Å². The fourth-order valence-corrected chi connectivity index (χ4v) is 1.50. The minimum absolute atomic E-state index is 0.299. The molecule has 0 aromatic rings. The summed E-state index contributed by atoms with van der Waals surface area (Å²) in [6.07, 6.45) is 1.80. The standard InChI is InChI=1S/C12H19NO3/c1-9-7-5-6-8-13(10(9)14)11(15)16-12(2,3)4/h1,5-8H2,2-4H3. The molecule has 1 saturated heterocycles. The molecule has 0 N–H and O–H groups in total. The molecule has 0 bridgehead atoms. The van der Waals surface area contributed by atoms with Gasteiger partial charge in [0.2, 0.25) is 0 Å². The Balaban J connectivity index is 2.73. The summed E-state index contributed by atoms with van der Waals surface area (Å²) < 4.78 is 5.18. The second kappa shape index (κ2) is 4.68. The largest absolute Gasteiger partial charge is 0.443 e. The van der Waals surface area contributed by atoms with E-state index in [1.54, 1.807) is 20.8 Å². The van der Waals surface area contributed by atoms with E-state index in [-0.39, 0.29) is 5.91 Å². The molecule has 0 aliphatic carbocycles. The van der Waals surface area contributed by atoms with E-state index in [9.17, 15) is 9.59 Å². The van der Waals surface area contributed by atoms with Crippen molar-refractivity contribution in [3.8, 4) is 0 Å². The number of rotatable bonds is 0. The fourth-order valence-electron chi connectivity index (χ4n) is 1.50. The summed E-state index contributed by atoms with van der Waals surface area (Å²) >= 11 is 0. The molecule has 16 heavy (non-hydrogen) atoms. The lowest BCUT2D eigenvalue weighted by Gasteiger charge is -2.25. The number of likely N-dealkylation sites (tertiary alicyclic amines) is 1. The average molecular weight is 225 g/mol. The molecule has 1 fully saturated rings. The average Bonchev–Trinajstić information content (AvgIpc) is 2.27. The number of hydrogen-bond acceptors (Lipinski definition) is 3. The SMILES string of the molecule is C=C1CCCCN(C(=O)OC(C)(C)C)C1=O. The monoisotopic (exact) mass is 225 g/mol. The van der Waals surface area contributed by atoms with Crippen LogP contribution >= 0.6 is 0 Å². The molecule has 1 heterocycles. The molecule has 90 valence electrons. The van der Waals surface area contributed by atoms with Gasteiger partial charge < -0.3 is 4.74 Å². The van der Waals surface area contributed by atoms with Gasteiger partial charge in [-0.1, -0.05) is 6.58 Å². The molecule has 1 rings (SSSR count). The maximum absolute atomic E-state index is 11.8. The summed E-state index contributed by atoms with van der Waals surface area (Å²) in [4.78, 5) is 24.7. The van der Waals surface area contributed by atoms with Crippen molar-refractivity contribution in [3.63, 3.8) is 0 Å². The van der Waals surface area contributed by atoms with E-state index in [1.807, 2.05) is 0 Å². The summed E-state index contributed by atoms with van der Waals surface area (Å²) in [5, 5.41) is 0. The fraction of sp³-hybridized carbons (Fsp3) is 0.667. The summed E-state index contributed by atoms with van der Waals surface area (Å²) in [5.41, 5.74) is -0.0892. The van der Waals surface area contributed by atoms with E-state index >= 15 is 0 Å². The second-order valence-corrected chi connectivity index (χ2v) is 5.00. The molecular formula is C12H19NO3. The van der Waals surface area contributed by atoms with Crippen molar-refractivity contribution >= 4 is 12.0 Å². The van der Waals surface area contributed by atoms with Crippen molar-refractivity contribution in [2.75, 3.05) is 6.54 Å². The topological polar surface area (TPSA) is 46.6 Å². The molecule has 0 aromatic heterocycles. The highest BCUT2D eigenvalue weighted by atomic mass is 16.6. The normalized spacial score (nSPS) is 18.3. The highest BCUT2D eigenvalue weighted by Crippen LogP contribution is 2.18. The molecule has 0 radical (unpaired) electrons. The first-order valence-electron chi connectivity index (χ1n) is 5.54. The summed E-state index contributed by atoms with van der Waals surface area (Å²) in [6, 6.07) is 0. The van der Waals surface area contributed by atoms with E-state index in [1.165, 1.54) is 0 Å². The van der Waals surface area contributed by atoms with Crippen LogP contribution < -0.4 is 0 Å². The number of nitrogens with zero attached hydrogens (tertiary/aromatic N) is 1. The number of carbonyl (C=O) groups is 2. The summed E-state index contributed by atoms with van der Waals surface area (Å²) in [7, 11) is 0. The molecular weight excluding hydrogens is 206 g/mol. The summed E-state index contributed by atoms with van der Waals surface area (Å²) in [5.74, 6) is -0.299. The van der Waals surface area contributed by atoms with Crippen molar-refractivity contribution in [3.05, 3.63) is 12.2 Å². The van der Waals surface area contributed by atoms with Gasteiger partial charge in [0.15, 0.2) is 0 Å². The lowest BCUT2D eigenvalue weighted by atomic mass is 10.1. The number of imide groups is 1. The van der Waals surface area contributed by atoms with E-state index in [0.29, 0.717) is 18.5 Å². The first-order valence-corrected chi connectivity index (χ1v) is 5.54. The molecule has 1 aliphatic rings. The van der Waals surface area contributed by atoms with Crippen LogP contribution in [0.5, 0.6) is 0 Å². The van der Waals surface area contributed by atoms with Crippen LogP contribution in [-0.2, 0) is 9.53 Å². The van der Waals surface area contributed by atoms with Crippen molar-refractivity contribution < 1.29 is 14.3 Å². The van der Waals surface area contributed by atoms with E-state index in [0.717, 1.165) is 17.7 Å². The maximum Gasteiger partial charge on any atom is 0.417 e. The third-order valence-corrected chi connectivity index (χ3v) is 2.27. The Labute approximate surface area is 96.3 Å². The first-order chi connectivity index (χ1) is 7.31. The maximum atomic E-state index is 11.8.